The molecule has 2 N–H and O–H groups in total. The number of benzene rings is 4. The van der Waals surface area contributed by atoms with Crippen LogP contribution in [0.4, 0.5) is 11.4 Å². The molecule has 2 amide bonds. The molecule has 1 unspecified atom stereocenters. The van der Waals surface area contributed by atoms with Crippen molar-refractivity contribution in [3.63, 3.8) is 0 Å². The Balaban J connectivity index is 1.27. The molecular formula is C27H24N2O3S. The molecule has 4 aromatic rings. The molecule has 4 aromatic carbocycles. The second kappa shape index (κ2) is 10.7. The summed E-state index contributed by atoms with van der Waals surface area (Å²) < 4.78 is 5.45. The number of rotatable bonds is 8. The highest BCUT2D eigenvalue weighted by atomic mass is 32.2. The molecule has 0 saturated carbocycles. The van der Waals surface area contributed by atoms with E-state index in [0.717, 1.165) is 21.4 Å². The molecule has 5 nitrogen and oxygen atoms in total. The predicted molar refractivity (Wildman–Crippen MR) is 135 cm³/mol. The van der Waals surface area contributed by atoms with Gasteiger partial charge in [0.25, 0.3) is 5.91 Å². The Morgan fingerprint density at radius 2 is 1.45 bits per heavy atom. The second-order valence-electron chi connectivity index (χ2n) is 7.49. The van der Waals surface area contributed by atoms with Crippen molar-refractivity contribution in [3.8, 4) is 5.75 Å². The lowest BCUT2D eigenvalue weighted by Crippen LogP contribution is -2.22. The molecule has 166 valence electrons. The van der Waals surface area contributed by atoms with Crippen LogP contribution in [-0.2, 0) is 9.59 Å². The summed E-state index contributed by atoms with van der Waals surface area (Å²) in [6, 6.07) is 30.5. The number of fused-ring (bicyclic) bond motifs is 1. The Bertz CT molecular complexity index is 1240. The Labute approximate surface area is 197 Å². The summed E-state index contributed by atoms with van der Waals surface area (Å²) in [7, 11) is 0. The molecule has 0 saturated heterocycles. The van der Waals surface area contributed by atoms with Crippen molar-refractivity contribution in [2.45, 2.75) is 17.1 Å². The third-order valence-electron chi connectivity index (χ3n) is 4.95. The van der Waals surface area contributed by atoms with Gasteiger partial charge in [0.15, 0.2) is 6.61 Å². The summed E-state index contributed by atoms with van der Waals surface area (Å²) in [5.41, 5.74) is 1.45. The zero-order valence-electron chi connectivity index (χ0n) is 18.2. The first-order valence-corrected chi connectivity index (χ1v) is 11.5. The minimum Gasteiger partial charge on any atom is -0.484 e. The highest BCUT2D eigenvalue weighted by Gasteiger charge is 2.15. The van der Waals surface area contributed by atoms with Gasteiger partial charge < -0.3 is 15.4 Å². The topological polar surface area (TPSA) is 67.4 Å². The van der Waals surface area contributed by atoms with Crippen LogP contribution in [0.1, 0.15) is 6.92 Å². The lowest BCUT2D eigenvalue weighted by molar-refractivity contribution is -0.118. The van der Waals surface area contributed by atoms with E-state index in [1.807, 2.05) is 91.9 Å². The van der Waals surface area contributed by atoms with Gasteiger partial charge in [-0.15, -0.1) is 11.8 Å². The van der Waals surface area contributed by atoms with Crippen molar-refractivity contribution in [2.75, 3.05) is 17.2 Å². The van der Waals surface area contributed by atoms with Crippen LogP contribution < -0.4 is 15.4 Å². The van der Waals surface area contributed by atoms with E-state index in [1.165, 1.54) is 11.8 Å². The number of hydrogen-bond acceptors (Lipinski definition) is 4. The summed E-state index contributed by atoms with van der Waals surface area (Å²) in [4.78, 5) is 25.7. The fourth-order valence-electron chi connectivity index (χ4n) is 3.25. The van der Waals surface area contributed by atoms with Gasteiger partial charge in [-0.05, 0) is 66.2 Å². The van der Waals surface area contributed by atoms with E-state index in [1.54, 1.807) is 12.1 Å². The van der Waals surface area contributed by atoms with Crippen molar-refractivity contribution in [3.05, 3.63) is 97.1 Å². The van der Waals surface area contributed by atoms with Gasteiger partial charge in [0, 0.05) is 16.3 Å². The number of hydrogen-bond donors (Lipinski definition) is 2. The van der Waals surface area contributed by atoms with Crippen LogP contribution in [0.2, 0.25) is 0 Å². The van der Waals surface area contributed by atoms with Gasteiger partial charge in [0.1, 0.15) is 5.75 Å². The third-order valence-corrected chi connectivity index (χ3v) is 6.06. The van der Waals surface area contributed by atoms with Gasteiger partial charge in [0.05, 0.1) is 5.25 Å². The van der Waals surface area contributed by atoms with Crippen molar-refractivity contribution < 1.29 is 14.3 Å². The summed E-state index contributed by atoms with van der Waals surface area (Å²) in [6.45, 7) is 1.81. The van der Waals surface area contributed by atoms with E-state index in [2.05, 4.69) is 10.6 Å². The number of carbonyl (C=O) groups excluding carboxylic acids is 2. The number of nitrogens with one attached hydrogen (secondary N) is 2. The van der Waals surface area contributed by atoms with Crippen molar-refractivity contribution in [2.24, 2.45) is 0 Å². The van der Waals surface area contributed by atoms with Crippen molar-refractivity contribution in [1.82, 2.24) is 0 Å². The standard InChI is InChI=1S/C27H24N2O3S/c1-19(27(31)29-23-12-11-20-7-5-6-8-21(20)17-23)33-25-15-13-22(14-16-25)28-26(30)18-32-24-9-3-2-4-10-24/h2-17,19H,18H2,1H3,(H,28,30)(H,29,31). The molecule has 0 heterocycles. The summed E-state index contributed by atoms with van der Waals surface area (Å²) in [6.07, 6.45) is 0. The van der Waals surface area contributed by atoms with Crippen LogP contribution in [0.5, 0.6) is 5.75 Å². The maximum absolute atomic E-state index is 12.7. The third kappa shape index (κ3) is 6.37. The molecule has 4 rings (SSSR count). The van der Waals surface area contributed by atoms with Crippen LogP contribution in [0.15, 0.2) is 102 Å². The first kappa shape index (κ1) is 22.4. The lowest BCUT2D eigenvalue weighted by atomic mass is 10.1. The Morgan fingerprint density at radius 1 is 0.788 bits per heavy atom. The van der Waals surface area contributed by atoms with E-state index in [4.69, 9.17) is 4.74 Å². The number of para-hydroxylation sites is 1. The van der Waals surface area contributed by atoms with Gasteiger partial charge in [-0.3, -0.25) is 9.59 Å². The average Bonchev–Trinajstić information content (AvgIpc) is 2.84. The molecule has 0 fully saturated rings. The predicted octanol–water partition coefficient (Wildman–Crippen LogP) is 5.98. The molecule has 33 heavy (non-hydrogen) atoms. The van der Waals surface area contributed by atoms with Gasteiger partial charge in [-0.2, -0.15) is 0 Å². The average molecular weight is 457 g/mol. The minimum atomic E-state index is -0.281. The number of ether oxygens (including phenoxy) is 1. The zero-order chi connectivity index (χ0) is 23.0. The monoisotopic (exact) mass is 456 g/mol. The van der Waals surface area contributed by atoms with Gasteiger partial charge in [0.2, 0.25) is 5.91 Å². The highest BCUT2D eigenvalue weighted by molar-refractivity contribution is 8.00. The smallest absolute Gasteiger partial charge is 0.262 e. The first-order chi connectivity index (χ1) is 16.1. The van der Waals surface area contributed by atoms with E-state index in [0.29, 0.717) is 11.4 Å². The van der Waals surface area contributed by atoms with E-state index < -0.39 is 0 Å². The molecular weight excluding hydrogens is 432 g/mol. The first-order valence-electron chi connectivity index (χ1n) is 10.6. The van der Waals surface area contributed by atoms with Gasteiger partial charge >= 0.3 is 0 Å². The van der Waals surface area contributed by atoms with E-state index in [-0.39, 0.29) is 23.7 Å². The van der Waals surface area contributed by atoms with Crippen LogP contribution in [0, 0.1) is 0 Å². The van der Waals surface area contributed by atoms with E-state index in [9.17, 15) is 9.59 Å². The number of carbonyl (C=O) groups is 2. The normalized spacial score (nSPS) is 11.5. The number of amides is 2. The lowest BCUT2D eigenvalue weighted by Gasteiger charge is -2.13. The van der Waals surface area contributed by atoms with Crippen LogP contribution in [0.3, 0.4) is 0 Å². The van der Waals surface area contributed by atoms with Crippen LogP contribution >= 0.6 is 11.8 Å². The quantitative estimate of drug-likeness (QED) is 0.320. The molecule has 0 radical (unpaired) electrons. The van der Waals surface area contributed by atoms with Crippen LogP contribution in [0.25, 0.3) is 10.8 Å². The molecule has 1 atom stereocenters. The molecule has 0 spiro atoms. The fourth-order valence-corrected chi connectivity index (χ4v) is 4.12. The molecule has 6 heteroatoms. The Hall–Kier alpha value is -3.77. The molecule has 0 aliphatic rings. The Kier molecular flexibility index (Phi) is 7.27. The second-order valence-corrected chi connectivity index (χ2v) is 8.90. The summed E-state index contributed by atoms with van der Waals surface area (Å²) in [5.74, 6) is 0.350. The number of thioether (sulfide) groups is 1. The van der Waals surface area contributed by atoms with Crippen LogP contribution in [-0.4, -0.2) is 23.7 Å². The Morgan fingerprint density at radius 3 is 2.21 bits per heavy atom. The van der Waals surface area contributed by atoms with Gasteiger partial charge in [-0.1, -0.05) is 48.5 Å². The fraction of sp³-hybridized carbons (Fsp3) is 0.111. The van der Waals surface area contributed by atoms with Gasteiger partial charge in [-0.25, -0.2) is 0 Å². The molecule has 0 aromatic heterocycles. The summed E-state index contributed by atoms with van der Waals surface area (Å²) >= 11 is 1.46. The minimum absolute atomic E-state index is 0.0630. The molecule has 0 bridgehead atoms. The van der Waals surface area contributed by atoms with Crippen molar-refractivity contribution in [1.29, 1.82) is 0 Å². The number of anilines is 2. The molecule has 0 aliphatic carbocycles. The SMILES string of the molecule is CC(Sc1ccc(NC(=O)COc2ccccc2)cc1)C(=O)Nc1ccc2ccccc2c1. The maximum Gasteiger partial charge on any atom is 0.262 e. The van der Waals surface area contributed by atoms with Crippen molar-refractivity contribution >= 4 is 45.7 Å². The maximum atomic E-state index is 12.7. The largest absolute Gasteiger partial charge is 0.484 e. The zero-order valence-corrected chi connectivity index (χ0v) is 19.0. The molecule has 0 aliphatic heterocycles. The summed E-state index contributed by atoms with van der Waals surface area (Å²) in [5, 5.41) is 7.74. The highest BCUT2D eigenvalue weighted by Crippen LogP contribution is 2.26. The van der Waals surface area contributed by atoms with E-state index >= 15 is 0 Å².